The molecule has 222 valence electrons. The summed E-state index contributed by atoms with van der Waals surface area (Å²) in [5, 5.41) is 21.8. The predicted octanol–water partition coefficient (Wildman–Crippen LogP) is 2.45. The van der Waals surface area contributed by atoms with E-state index in [2.05, 4.69) is 20.9 Å². The third-order valence-electron chi connectivity index (χ3n) is 8.53. The Balaban J connectivity index is 1.35. The highest BCUT2D eigenvalue weighted by Gasteiger charge is 2.40. The second kappa shape index (κ2) is 12.8. The van der Waals surface area contributed by atoms with Crippen molar-refractivity contribution in [3.05, 3.63) is 108 Å². The van der Waals surface area contributed by atoms with Crippen molar-refractivity contribution < 1.29 is 19.5 Å². The van der Waals surface area contributed by atoms with Gasteiger partial charge in [-0.3, -0.25) is 19.7 Å². The molecular formula is C34H37N5O4. The number of nitrogens with zero attached hydrogens (tertiary/aromatic N) is 1. The lowest BCUT2D eigenvalue weighted by Gasteiger charge is -2.35. The number of hydrogen-bond acceptors (Lipinski definition) is 5. The van der Waals surface area contributed by atoms with Gasteiger partial charge >= 0.3 is 0 Å². The number of nitrogens with one attached hydrogen (secondary N) is 4. The third-order valence-corrected chi connectivity index (χ3v) is 8.53. The normalized spacial score (nSPS) is 25.0. The van der Waals surface area contributed by atoms with Gasteiger partial charge in [-0.25, -0.2) is 0 Å². The van der Waals surface area contributed by atoms with E-state index < -0.39 is 30.4 Å². The van der Waals surface area contributed by atoms with Gasteiger partial charge in [0.2, 0.25) is 17.7 Å². The maximum absolute atomic E-state index is 14.1. The Kier molecular flexibility index (Phi) is 8.53. The Bertz CT molecular complexity index is 1570. The number of para-hydroxylation sites is 1. The van der Waals surface area contributed by atoms with Crippen LogP contribution in [-0.2, 0) is 33.6 Å². The zero-order chi connectivity index (χ0) is 29.8. The monoisotopic (exact) mass is 579 g/mol. The minimum Gasteiger partial charge on any atom is -0.376 e. The molecule has 5 N–H and O–H groups in total. The lowest BCUT2D eigenvalue weighted by atomic mass is 9.99. The molecule has 3 aromatic carbocycles. The van der Waals surface area contributed by atoms with Crippen LogP contribution >= 0.6 is 0 Å². The molecule has 1 aromatic heterocycles. The number of benzene rings is 3. The Morgan fingerprint density at radius 1 is 0.744 bits per heavy atom. The number of aromatic nitrogens is 1. The van der Waals surface area contributed by atoms with E-state index in [4.69, 9.17) is 0 Å². The molecular weight excluding hydrogens is 542 g/mol. The van der Waals surface area contributed by atoms with Crippen LogP contribution in [0.3, 0.4) is 0 Å². The molecule has 0 radical (unpaired) electrons. The first-order valence-electron chi connectivity index (χ1n) is 14.9. The standard InChI is InChI=1S/C34H37N5O4/c40-31-27(18-22-10-3-1-4-11-22)37-33(42)30-16-9-17-39(30)34(43)29(19-23-12-5-2-6-13-23)38-32(41)28(36-31)20-24-21-35-26-15-8-7-14-25(24)26/h1-8,10-15,21,27-30,32,35,38,41H,9,16-20H2,(H,36,40)(H,37,42)/t27-,28+,29+,30+,32?/m1/s1. The van der Waals surface area contributed by atoms with E-state index >= 15 is 0 Å². The van der Waals surface area contributed by atoms with Crippen LogP contribution < -0.4 is 16.0 Å². The number of carbonyl (C=O) groups is 3. The zero-order valence-electron chi connectivity index (χ0n) is 23.9. The van der Waals surface area contributed by atoms with Gasteiger partial charge in [-0.2, -0.15) is 0 Å². The van der Waals surface area contributed by atoms with Crippen molar-refractivity contribution in [2.24, 2.45) is 0 Å². The lowest BCUT2D eigenvalue weighted by Crippen LogP contribution is -2.63. The molecule has 3 heterocycles. The Labute approximate surface area is 250 Å². The van der Waals surface area contributed by atoms with Gasteiger partial charge in [0, 0.05) is 30.1 Å². The number of H-pyrrole nitrogens is 1. The Hall–Kier alpha value is -4.47. The van der Waals surface area contributed by atoms with Crippen LogP contribution in [0.1, 0.15) is 29.5 Å². The quantitative estimate of drug-likeness (QED) is 0.240. The number of fused-ring (bicyclic) bond motifs is 2. The van der Waals surface area contributed by atoms with E-state index in [-0.39, 0.29) is 24.1 Å². The minimum absolute atomic E-state index is 0.238. The molecule has 6 rings (SSSR count). The molecule has 4 aromatic rings. The third kappa shape index (κ3) is 6.48. The molecule has 2 fully saturated rings. The number of carbonyl (C=O) groups excluding carboxylic acids is 3. The van der Waals surface area contributed by atoms with E-state index in [9.17, 15) is 19.5 Å². The number of aliphatic hydroxyl groups is 1. The van der Waals surface area contributed by atoms with Gasteiger partial charge in [0.15, 0.2) is 0 Å². The first-order valence-corrected chi connectivity index (χ1v) is 14.9. The van der Waals surface area contributed by atoms with Crippen LogP contribution in [0.15, 0.2) is 91.1 Å². The van der Waals surface area contributed by atoms with Crippen molar-refractivity contribution in [3.63, 3.8) is 0 Å². The van der Waals surface area contributed by atoms with E-state index in [0.717, 1.165) is 27.6 Å². The van der Waals surface area contributed by atoms with Gasteiger partial charge in [0.05, 0.1) is 12.1 Å². The molecule has 5 atom stereocenters. The average molecular weight is 580 g/mol. The fraction of sp³-hybridized carbons (Fsp3) is 0.324. The highest BCUT2D eigenvalue weighted by molar-refractivity contribution is 5.94. The first-order chi connectivity index (χ1) is 21.0. The van der Waals surface area contributed by atoms with E-state index in [1.807, 2.05) is 91.1 Å². The Morgan fingerprint density at radius 2 is 1.40 bits per heavy atom. The molecule has 3 amide bonds. The van der Waals surface area contributed by atoms with Gasteiger partial charge < -0.3 is 25.6 Å². The summed E-state index contributed by atoms with van der Waals surface area (Å²) >= 11 is 0. The summed E-state index contributed by atoms with van der Waals surface area (Å²) in [6, 6.07) is 23.8. The van der Waals surface area contributed by atoms with Crippen molar-refractivity contribution in [1.29, 1.82) is 0 Å². The van der Waals surface area contributed by atoms with Gasteiger partial charge in [-0.05, 0) is 48.4 Å². The largest absolute Gasteiger partial charge is 0.376 e. The van der Waals surface area contributed by atoms with E-state index in [1.165, 1.54) is 0 Å². The maximum atomic E-state index is 14.1. The van der Waals surface area contributed by atoms with Crippen LogP contribution in [0.2, 0.25) is 0 Å². The molecule has 2 aliphatic heterocycles. The van der Waals surface area contributed by atoms with Gasteiger partial charge in [0.1, 0.15) is 18.3 Å². The minimum atomic E-state index is -1.25. The van der Waals surface area contributed by atoms with Crippen molar-refractivity contribution in [2.45, 2.75) is 62.5 Å². The zero-order valence-corrected chi connectivity index (χ0v) is 23.9. The average Bonchev–Trinajstić information content (AvgIpc) is 3.68. The smallest absolute Gasteiger partial charge is 0.243 e. The van der Waals surface area contributed by atoms with Gasteiger partial charge in [-0.1, -0.05) is 78.9 Å². The molecule has 0 saturated carbocycles. The summed E-state index contributed by atoms with van der Waals surface area (Å²) in [5.41, 5.74) is 3.69. The topological polar surface area (TPSA) is 127 Å². The maximum Gasteiger partial charge on any atom is 0.243 e. The second-order valence-corrected chi connectivity index (χ2v) is 11.5. The number of rotatable bonds is 6. The van der Waals surface area contributed by atoms with Crippen LogP contribution in [-0.4, -0.2) is 69.7 Å². The van der Waals surface area contributed by atoms with Crippen molar-refractivity contribution in [3.8, 4) is 0 Å². The van der Waals surface area contributed by atoms with Gasteiger partial charge in [-0.15, -0.1) is 0 Å². The summed E-state index contributed by atoms with van der Waals surface area (Å²) in [7, 11) is 0. The summed E-state index contributed by atoms with van der Waals surface area (Å²) in [6.45, 7) is 0.439. The van der Waals surface area contributed by atoms with Crippen LogP contribution in [0.25, 0.3) is 10.9 Å². The van der Waals surface area contributed by atoms with E-state index in [1.54, 1.807) is 4.90 Å². The fourth-order valence-electron chi connectivity index (χ4n) is 6.28. The summed E-state index contributed by atoms with van der Waals surface area (Å²) in [6.07, 6.45) is 2.73. The van der Waals surface area contributed by atoms with Crippen molar-refractivity contribution >= 4 is 28.6 Å². The van der Waals surface area contributed by atoms with Gasteiger partial charge in [0.25, 0.3) is 0 Å². The molecule has 43 heavy (non-hydrogen) atoms. The van der Waals surface area contributed by atoms with Crippen LogP contribution in [0.4, 0.5) is 0 Å². The predicted molar refractivity (Wildman–Crippen MR) is 164 cm³/mol. The van der Waals surface area contributed by atoms with Crippen molar-refractivity contribution in [1.82, 2.24) is 25.8 Å². The summed E-state index contributed by atoms with van der Waals surface area (Å²) in [5.74, 6) is -0.966. The molecule has 9 nitrogen and oxygen atoms in total. The van der Waals surface area contributed by atoms with Crippen molar-refractivity contribution in [2.75, 3.05) is 6.54 Å². The highest BCUT2D eigenvalue weighted by atomic mass is 16.3. The lowest BCUT2D eigenvalue weighted by molar-refractivity contribution is -0.142. The molecule has 0 spiro atoms. The Morgan fingerprint density at radius 3 is 2.12 bits per heavy atom. The number of aromatic amines is 1. The van der Waals surface area contributed by atoms with E-state index in [0.29, 0.717) is 32.2 Å². The molecule has 2 saturated heterocycles. The van der Waals surface area contributed by atoms with Crippen LogP contribution in [0.5, 0.6) is 0 Å². The fourth-order valence-corrected chi connectivity index (χ4v) is 6.28. The first kappa shape index (κ1) is 28.6. The molecule has 9 heteroatoms. The molecule has 0 bridgehead atoms. The summed E-state index contributed by atoms with van der Waals surface area (Å²) < 4.78 is 0. The SMILES string of the molecule is O=C1N[C@@H](Cc2c[nH]c3ccccc23)C(O)N[C@@H](Cc2ccccc2)C(=O)N2CCC[C@H]2C(=O)N[C@@H]1Cc1ccccc1. The molecule has 2 aliphatic rings. The second-order valence-electron chi connectivity index (χ2n) is 11.5. The highest BCUT2D eigenvalue weighted by Crippen LogP contribution is 2.23. The number of amides is 3. The number of hydrogen-bond donors (Lipinski definition) is 5. The molecule has 1 unspecified atom stereocenters. The van der Waals surface area contributed by atoms with Crippen LogP contribution in [0, 0.1) is 0 Å². The molecule has 0 aliphatic carbocycles. The summed E-state index contributed by atoms with van der Waals surface area (Å²) in [4.78, 5) is 46.5. The number of aliphatic hydroxyl groups excluding tert-OH is 1.